The number of nitrogens with zero attached hydrogens (tertiary/aromatic N) is 5. The molecule has 2 aromatic heterocycles. The molecule has 3 heterocycles. The van der Waals surface area contributed by atoms with Crippen LogP contribution in [0.5, 0.6) is 0 Å². The Morgan fingerprint density at radius 1 is 1.28 bits per heavy atom. The van der Waals surface area contributed by atoms with Gasteiger partial charge in [-0.25, -0.2) is 4.39 Å². The third-order valence-electron chi connectivity index (χ3n) is 5.36. The van der Waals surface area contributed by atoms with Crippen LogP contribution in [0.3, 0.4) is 0 Å². The smallest absolute Gasteiger partial charge is 0.257 e. The van der Waals surface area contributed by atoms with Crippen LogP contribution >= 0.6 is 0 Å². The van der Waals surface area contributed by atoms with Crippen LogP contribution < -0.4 is 0 Å². The van der Waals surface area contributed by atoms with E-state index in [1.807, 2.05) is 24.8 Å². The fourth-order valence-corrected chi connectivity index (χ4v) is 3.76. The number of halogens is 1. The van der Waals surface area contributed by atoms with E-state index in [1.165, 1.54) is 12.1 Å². The van der Waals surface area contributed by atoms with E-state index in [2.05, 4.69) is 15.2 Å². The molecule has 0 saturated carbocycles. The summed E-state index contributed by atoms with van der Waals surface area (Å²) in [5.41, 5.74) is 2.63. The van der Waals surface area contributed by atoms with Gasteiger partial charge in [-0.3, -0.25) is 9.48 Å². The van der Waals surface area contributed by atoms with Crippen LogP contribution in [0, 0.1) is 25.6 Å². The van der Waals surface area contributed by atoms with Crippen LogP contribution in [0.15, 0.2) is 34.9 Å². The summed E-state index contributed by atoms with van der Waals surface area (Å²) in [7, 11) is 0. The number of aromatic nitrogens is 4. The van der Waals surface area contributed by atoms with Crippen LogP contribution in [0.1, 0.15) is 30.1 Å². The van der Waals surface area contributed by atoms with Crippen LogP contribution in [-0.2, 0) is 17.8 Å². The molecule has 8 heteroatoms. The Balaban J connectivity index is 1.28. The molecular weight excluding hydrogens is 373 g/mol. The van der Waals surface area contributed by atoms with Gasteiger partial charge in [0.1, 0.15) is 12.4 Å². The van der Waals surface area contributed by atoms with Gasteiger partial charge in [0.25, 0.3) is 5.89 Å². The second-order valence-electron chi connectivity index (χ2n) is 7.64. The first kappa shape index (κ1) is 19.3. The first-order valence-electron chi connectivity index (χ1n) is 9.85. The Hall–Kier alpha value is -3.03. The molecule has 1 fully saturated rings. The minimum absolute atomic E-state index is 0.108. The van der Waals surface area contributed by atoms with Gasteiger partial charge in [0, 0.05) is 30.8 Å². The molecule has 152 valence electrons. The molecule has 1 unspecified atom stereocenters. The molecule has 0 spiro atoms. The molecule has 29 heavy (non-hydrogen) atoms. The zero-order valence-corrected chi connectivity index (χ0v) is 16.6. The van der Waals surface area contributed by atoms with Crippen molar-refractivity contribution in [3.63, 3.8) is 0 Å². The number of rotatable bonds is 6. The van der Waals surface area contributed by atoms with Crippen molar-refractivity contribution >= 4 is 5.91 Å². The number of benzene rings is 1. The summed E-state index contributed by atoms with van der Waals surface area (Å²) >= 11 is 0. The molecule has 0 N–H and O–H groups in total. The van der Waals surface area contributed by atoms with Crippen molar-refractivity contribution in [2.45, 2.75) is 39.7 Å². The molecule has 0 bridgehead atoms. The zero-order chi connectivity index (χ0) is 20.4. The molecule has 1 atom stereocenters. The highest BCUT2D eigenvalue weighted by atomic mass is 19.1. The van der Waals surface area contributed by atoms with E-state index >= 15 is 0 Å². The molecule has 1 aliphatic rings. The molecule has 1 aromatic carbocycles. The van der Waals surface area contributed by atoms with E-state index in [-0.39, 0.29) is 18.3 Å². The number of hydrogen-bond acceptors (Lipinski definition) is 5. The molecule has 0 aliphatic carbocycles. The number of hydrogen-bond donors (Lipinski definition) is 0. The monoisotopic (exact) mass is 397 g/mol. The molecule has 7 nitrogen and oxygen atoms in total. The van der Waals surface area contributed by atoms with Crippen molar-refractivity contribution in [2.75, 3.05) is 13.1 Å². The lowest BCUT2D eigenvalue weighted by atomic mass is 10.0. The molecule has 0 radical (unpaired) electrons. The van der Waals surface area contributed by atoms with Gasteiger partial charge < -0.3 is 9.42 Å². The number of amides is 1. The van der Waals surface area contributed by atoms with Crippen molar-refractivity contribution < 1.29 is 13.7 Å². The Kier molecular flexibility index (Phi) is 5.42. The SMILES string of the molecule is Cc1cc(C)n(CC(=O)N2CCC(CCc3noc(-c4ccc(F)cc4)n3)C2)n1. The number of likely N-dealkylation sites (tertiary alicyclic amines) is 1. The highest BCUT2D eigenvalue weighted by molar-refractivity contribution is 5.76. The summed E-state index contributed by atoms with van der Waals surface area (Å²) in [6.45, 7) is 5.71. The maximum atomic E-state index is 13.0. The normalized spacial score (nSPS) is 16.5. The molecular formula is C21H24FN5O2. The second kappa shape index (κ2) is 8.14. The lowest BCUT2D eigenvalue weighted by Gasteiger charge is -2.17. The van der Waals surface area contributed by atoms with Gasteiger partial charge in [0.15, 0.2) is 5.82 Å². The van der Waals surface area contributed by atoms with Crippen LogP contribution in [-0.4, -0.2) is 43.8 Å². The van der Waals surface area contributed by atoms with E-state index in [9.17, 15) is 9.18 Å². The lowest BCUT2D eigenvalue weighted by Crippen LogP contribution is -2.32. The van der Waals surface area contributed by atoms with Gasteiger partial charge >= 0.3 is 0 Å². The van der Waals surface area contributed by atoms with Crippen molar-refractivity contribution in [1.29, 1.82) is 0 Å². The molecule has 1 saturated heterocycles. The van der Waals surface area contributed by atoms with Gasteiger partial charge in [-0.05, 0) is 62.9 Å². The minimum Gasteiger partial charge on any atom is -0.341 e. The van der Waals surface area contributed by atoms with Gasteiger partial charge in [-0.15, -0.1) is 0 Å². The second-order valence-corrected chi connectivity index (χ2v) is 7.64. The maximum Gasteiger partial charge on any atom is 0.257 e. The number of aryl methyl sites for hydroxylation is 3. The topological polar surface area (TPSA) is 77.0 Å². The Morgan fingerprint density at radius 3 is 2.79 bits per heavy atom. The summed E-state index contributed by atoms with van der Waals surface area (Å²) in [6, 6.07) is 7.96. The molecule has 3 aromatic rings. The zero-order valence-electron chi connectivity index (χ0n) is 16.6. The van der Waals surface area contributed by atoms with Crippen molar-refractivity contribution in [2.24, 2.45) is 5.92 Å². The van der Waals surface area contributed by atoms with Crippen molar-refractivity contribution in [3.05, 3.63) is 53.4 Å². The van der Waals surface area contributed by atoms with Crippen LogP contribution in [0.4, 0.5) is 4.39 Å². The Bertz CT molecular complexity index is 995. The van der Waals surface area contributed by atoms with E-state index in [1.54, 1.807) is 16.8 Å². The largest absolute Gasteiger partial charge is 0.341 e. The molecule has 1 aliphatic heterocycles. The van der Waals surface area contributed by atoms with Crippen molar-refractivity contribution in [1.82, 2.24) is 24.8 Å². The Morgan fingerprint density at radius 2 is 2.07 bits per heavy atom. The fraction of sp³-hybridized carbons (Fsp3) is 0.429. The van der Waals surface area contributed by atoms with Gasteiger partial charge in [0.2, 0.25) is 5.91 Å². The average molecular weight is 397 g/mol. The summed E-state index contributed by atoms with van der Waals surface area (Å²) in [5, 5.41) is 8.40. The summed E-state index contributed by atoms with van der Waals surface area (Å²) in [4.78, 5) is 18.9. The van der Waals surface area contributed by atoms with Crippen LogP contribution in [0.25, 0.3) is 11.5 Å². The molecule has 4 rings (SSSR count). The van der Waals surface area contributed by atoms with E-state index in [0.717, 1.165) is 37.3 Å². The average Bonchev–Trinajstić information content (AvgIpc) is 3.41. The van der Waals surface area contributed by atoms with Crippen LogP contribution in [0.2, 0.25) is 0 Å². The summed E-state index contributed by atoms with van der Waals surface area (Å²) in [5.74, 6) is 1.26. The number of carbonyl (C=O) groups is 1. The Labute approximate surface area is 168 Å². The predicted octanol–water partition coefficient (Wildman–Crippen LogP) is 3.17. The summed E-state index contributed by atoms with van der Waals surface area (Å²) in [6.07, 6.45) is 2.56. The summed E-state index contributed by atoms with van der Waals surface area (Å²) < 4.78 is 20.1. The third kappa shape index (κ3) is 4.52. The lowest BCUT2D eigenvalue weighted by molar-refractivity contribution is -0.131. The highest BCUT2D eigenvalue weighted by Gasteiger charge is 2.27. The van der Waals surface area contributed by atoms with Gasteiger partial charge in [0.05, 0.1) is 5.69 Å². The van der Waals surface area contributed by atoms with Crippen molar-refractivity contribution in [3.8, 4) is 11.5 Å². The van der Waals surface area contributed by atoms with E-state index < -0.39 is 0 Å². The predicted molar refractivity (Wildman–Crippen MR) is 104 cm³/mol. The maximum absolute atomic E-state index is 13.0. The number of carbonyl (C=O) groups excluding carboxylic acids is 1. The van der Waals surface area contributed by atoms with Gasteiger partial charge in [-0.2, -0.15) is 10.1 Å². The first-order chi connectivity index (χ1) is 14.0. The quantitative estimate of drug-likeness (QED) is 0.639. The first-order valence-corrected chi connectivity index (χ1v) is 9.85. The van der Waals surface area contributed by atoms with E-state index in [4.69, 9.17) is 4.52 Å². The highest BCUT2D eigenvalue weighted by Crippen LogP contribution is 2.23. The standard InChI is InChI=1S/C21H24FN5O2/c1-14-11-15(2)27(24-14)13-20(28)26-10-9-16(12-26)3-8-19-23-21(29-25-19)17-4-6-18(22)7-5-17/h4-7,11,16H,3,8-10,12-13H2,1-2H3. The molecule has 1 amide bonds. The van der Waals surface area contributed by atoms with E-state index in [0.29, 0.717) is 29.6 Å². The third-order valence-corrected chi connectivity index (χ3v) is 5.36. The van der Waals surface area contributed by atoms with Gasteiger partial charge in [-0.1, -0.05) is 5.16 Å². The minimum atomic E-state index is -0.299. The fourth-order valence-electron chi connectivity index (χ4n) is 3.76.